The Morgan fingerprint density at radius 2 is 2.00 bits per heavy atom. The minimum atomic E-state index is -0.748. The Bertz CT molecular complexity index is 1190. The number of amides is 1. The van der Waals surface area contributed by atoms with Crippen molar-refractivity contribution in [3.63, 3.8) is 0 Å². The van der Waals surface area contributed by atoms with Gasteiger partial charge in [0.15, 0.2) is 10.9 Å². The van der Waals surface area contributed by atoms with Gasteiger partial charge < -0.3 is 4.42 Å². The molecule has 1 amide bonds. The number of hydrogen-bond acceptors (Lipinski definition) is 4. The van der Waals surface area contributed by atoms with Crippen LogP contribution in [0.3, 0.4) is 0 Å². The molecule has 0 N–H and O–H groups in total. The zero-order valence-electron chi connectivity index (χ0n) is 15.9. The molecule has 0 unspecified atom stereocenters. The van der Waals surface area contributed by atoms with Crippen molar-refractivity contribution in [2.75, 3.05) is 4.90 Å². The highest BCUT2D eigenvalue weighted by atomic mass is 32.1. The van der Waals surface area contributed by atoms with E-state index in [1.807, 2.05) is 32.0 Å². The third kappa shape index (κ3) is 4.05. The molecule has 2 aromatic heterocycles. The number of carbonyl (C=O) groups excluding carboxylic acids is 1. The summed E-state index contributed by atoms with van der Waals surface area (Å²) in [5.41, 5.74) is 3.04. The van der Waals surface area contributed by atoms with Crippen LogP contribution in [0.5, 0.6) is 0 Å². The second-order valence-corrected chi connectivity index (χ2v) is 7.91. The zero-order valence-corrected chi connectivity index (χ0v) is 16.7. The summed E-state index contributed by atoms with van der Waals surface area (Å²) < 4.78 is 33.5. The van der Waals surface area contributed by atoms with Crippen molar-refractivity contribution < 1.29 is 18.0 Å². The molecule has 2 aromatic carbocycles. The molecule has 0 aliphatic rings. The first kappa shape index (κ1) is 19.3. The van der Waals surface area contributed by atoms with Gasteiger partial charge in [-0.2, -0.15) is 0 Å². The lowest BCUT2D eigenvalue weighted by Crippen LogP contribution is -2.31. The summed E-state index contributed by atoms with van der Waals surface area (Å²) >= 11 is 1.07. The molecule has 0 spiro atoms. The monoisotopic (exact) mass is 412 g/mol. The van der Waals surface area contributed by atoms with E-state index in [1.165, 1.54) is 17.2 Å². The molecule has 0 aliphatic heterocycles. The predicted molar refractivity (Wildman–Crippen MR) is 109 cm³/mol. The van der Waals surface area contributed by atoms with Gasteiger partial charge in [-0.1, -0.05) is 35.1 Å². The smallest absolute Gasteiger partial charge is 0.233 e. The Kier molecular flexibility index (Phi) is 5.15. The maximum absolute atomic E-state index is 14.1. The van der Waals surface area contributed by atoms with E-state index in [4.69, 9.17) is 4.42 Å². The number of anilines is 1. The van der Waals surface area contributed by atoms with Crippen LogP contribution in [0.1, 0.15) is 22.5 Å². The van der Waals surface area contributed by atoms with Gasteiger partial charge in [0.05, 0.1) is 23.9 Å². The van der Waals surface area contributed by atoms with Crippen molar-refractivity contribution in [1.82, 2.24) is 4.98 Å². The molecule has 0 bridgehead atoms. The lowest BCUT2D eigenvalue weighted by molar-refractivity contribution is -0.118. The van der Waals surface area contributed by atoms with Crippen LogP contribution in [-0.4, -0.2) is 10.9 Å². The van der Waals surface area contributed by atoms with E-state index in [-0.39, 0.29) is 24.4 Å². The van der Waals surface area contributed by atoms with E-state index in [0.717, 1.165) is 34.1 Å². The summed E-state index contributed by atoms with van der Waals surface area (Å²) in [6, 6.07) is 11.5. The van der Waals surface area contributed by atoms with E-state index >= 15 is 0 Å². The van der Waals surface area contributed by atoms with Gasteiger partial charge in [0, 0.05) is 6.07 Å². The van der Waals surface area contributed by atoms with Gasteiger partial charge in [0.1, 0.15) is 17.1 Å². The van der Waals surface area contributed by atoms with Crippen LogP contribution in [0, 0.1) is 25.5 Å². The fraction of sp³-hybridized carbons (Fsp3) is 0.182. The molecule has 2 heterocycles. The van der Waals surface area contributed by atoms with Crippen LogP contribution >= 0.6 is 11.3 Å². The molecule has 29 heavy (non-hydrogen) atoms. The van der Waals surface area contributed by atoms with Gasteiger partial charge in [-0.05, 0) is 43.2 Å². The average Bonchev–Trinajstić information content (AvgIpc) is 3.32. The zero-order chi connectivity index (χ0) is 20.5. The second-order valence-electron chi connectivity index (χ2n) is 6.90. The third-order valence-electron chi connectivity index (χ3n) is 4.67. The molecule has 4 aromatic rings. The number of fused-ring (bicyclic) bond motifs is 1. The van der Waals surface area contributed by atoms with Gasteiger partial charge in [0.25, 0.3) is 0 Å². The molecule has 0 radical (unpaired) electrons. The van der Waals surface area contributed by atoms with Crippen LogP contribution < -0.4 is 4.90 Å². The minimum absolute atomic E-state index is 0.0513. The summed E-state index contributed by atoms with van der Waals surface area (Å²) in [5.74, 6) is -1.05. The summed E-state index contributed by atoms with van der Waals surface area (Å²) in [6.07, 6.45) is 1.69. The molecule has 0 atom stereocenters. The number of hydrogen-bond donors (Lipinski definition) is 0. The number of rotatable bonds is 5. The first-order valence-electron chi connectivity index (χ1n) is 9.05. The molecule has 4 rings (SSSR count). The maximum atomic E-state index is 14.1. The average molecular weight is 412 g/mol. The molecule has 0 aliphatic carbocycles. The van der Waals surface area contributed by atoms with Crippen LogP contribution in [0.2, 0.25) is 0 Å². The van der Waals surface area contributed by atoms with Gasteiger partial charge >= 0.3 is 0 Å². The van der Waals surface area contributed by atoms with Crippen molar-refractivity contribution in [3.8, 4) is 0 Å². The van der Waals surface area contributed by atoms with Crippen LogP contribution in [-0.2, 0) is 17.8 Å². The number of carbonyl (C=O) groups is 1. The number of halogens is 2. The topological polar surface area (TPSA) is 46.3 Å². The van der Waals surface area contributed by atoms with Crippen molar-refractivity contribution in [1.29, 1.82) is 0 Å². The van der Waals surface area contributed by atoms with Crippen molar-refractivity contribution >= 4 is 32.6 Å². The summed E-state index contributed by atoms with van der Waals surface area (Å²) in [6.45, 7) is 4.08. The van der Waals surface area contributed by atoms with Crippen LogP contribution in [0.15, 0.2) is 53.1 Å². The first-order valence-corrected chi connectivity index (χ1v) is 9.87. The highest BCUT2D eigenvalue weighted by Crippen LogP contribution is 2.32. The molecule has 148 valence electrons. The minimum Gasteiger partial charge on any atom is -0.467 e. The highest BCUT2D eigenvalue weighted by Gasteiger charge is 2.23. The van der Waals surface area contributed by atoms with E-state index in [9.17, 15) is 13.6 Å². The Balaban J connectivity index is 1.72. The second kappa shape index (κ2) is 7.75. The molecule has 0 saturated carbocycles. The van der Waals surface area contributed by atoms with Crippen molar-refractivity contribution in [3.05, 3.63) is 82.8 Å². The van der Waals surface area contributed by atoms with Crippen LogP contribution in [0.25, 0.3) is 10.2 Å². The van der Waals surface area contributed by atoms with E-state index in [2.05, 4.69) is 4.98 Å². The lowest BCUT2D eigenvalue weighted by atomic mass is 10.0. The number of aromatic nitrogens is 1. The van der Waals surface area contributed by atoms with E-state index < -0.39 is 11.6 Å². The van der Waals surface area contributed by atoms with Crippen LogP contribution in [0.4, 0.5) is 13.9 Å². The Labute approximate surface area is 170 Å². The third-order valence-corrected chi connectivity index (χ3v) is 5.70. The summed E-state index contributed by atoms with van der Waals surface area (Å²) in [7, 11) is 0. The quantitative estimate of drug-likeness (QED) is 0.431. The summed E-state index contributed by atoms with van der Waals surface area (Å²) in [4.78, 5) is 19.0. The number of aryl methyl sites for hydroxylation is 2. The summed E-state index contributed by atoms with van der Waals surface area (Å²) in [5, 5.41) is 0.302. The Hall–Kier alpha value is -3.06. The number of benzene rings is 2. The van der Waals surface area contributed by atoms with E-state index in [0.29, 0.717) is 15.6 Å². The Morgan fingerprint density at radius 3 is 2.76 bits per heavy atom. The lowest BCUT2D eigenvalue weighted by Gasteiger charge is -2.19. The molecular formula is C22H18F2N2O2S. The van der Waals surface area contributed by atoms with Gasteiger partial charge in [-0.25, -0.2) is 13.8 Å². The standard InChI is InChI=1S/C22H18F2N2O2S/c1-13-5-6-14(2)15(8-13)9-20(27)26(12-17-4-3-7-28-17)22-25-21-18(24)10-16(23)11-19(21)29-22/h3-8,10-11H,9,12H2,1-2H3. The fourth-order valence-corrected chi connectivity index (χ4v) is 4.15. The molecule has 4 nitrogen and oxygen atoms in total. The van der Waals surface area contributed by atoms with Crippen molar-refractivity contribution in [2.45, 2.75) is 26.8 Å². The predicted octanol–water partition coefficient (Wildman–Crippen LogP) is 5.56. The van der Waals surface area contributed by atoms with Gasteiger partial charge in [0.2, 0.25) is 5.91 Å². The van der Waals surface area contributed by atoms with Gasteiger partial charge in [-0.15, -0.1) is 0 Å². The Morgan fingerprint density at radius 1 is 1.17 bits per heavy atom. The molecule has 0 fully saturated rings. The van der Waals surface area contributed by atoms with E-state index in [1.54, 1.807) is 12.1 Å². The maximum Gasteiger partial charge on any atom is 0.233 e. The molecule has 0 saturated heterocycles. The number of thiazole rings is 1. The number of furan rings is 1. The highest BCUT2D eigenvalue weighted by molar-refractivity contribution is 7.22. The van der Waals surface area contributed by atoms with Gasteiger partial charge in [-0.3, -0.25) is 9.69 Å². The molecule has 7 heteroatoms. The normalized spacial score (nSPS) is 11.2. The number of nitrogens with zero attached hydrogens (tertiary/aromatic N) is 2. The SMILES string of the molecule is Cc1ccc(C)c(CC(=O)N(Cc2ccco2)c2nc3c(F)cc(F)cc3s2)c1. The fourth-order valence-electron chi connectivity index (χ4n) is 3.13. The largest absolute Gasteiger partial charge is 0.467 e. The first-order chi connectivity index (χ1) is 13.9. The van der Waals surface area contributed by atoms with Crippen molar-refractivity contribution in [2.24, 2.45) is 0 Å². The molecular weight excluding hydrogens is 394 g/mol.